The molecule has 0 aliphatic carbocycles. The number of aryl methyl sites for hydroxylation is 2. The maximum Gasteiger partial charge on any atom is 0.257 e. The van der Waals surface area contributed by atoms with Gasteiger partial charge >= 0.3 is 0 Å². The molecule has 0 atom stereocenters. The Morgan fingerprint density at radius 1 is 1.21 bits per heavy atom. The lowest BCUT2D eigenvalue weighted by Crippen LogP contribution is -2.38. The van der Waals surface area contributed by atoms with Crippen LogP contribution < -0.4 is 5.32 Å². The molecular weight excluding hydrogens is 366 g/mol. The first-order chi connectivity index (χ1) is 14.1. The number of carbonyl (C=O) groups excluding carboxylic acids is 2. The number of amides is 2. The fourth-order valence-electron chi connectivity index (χ4n) is 3.38. The Morgan fingerprint density at radius 2 is 2.03 bits per heavy atom. The fraction of sp³-hybridized carbons (Fsp3) is 0.227. The molecule has 1 aliphatic rings. The largest absolute Gasteiger partial charge is 0.329 e. The molecule has 3 aromatic rings. The number of anilines is 1. The molecule has 7 heteroatoms. The van der Waals surface area contributed by atoms with Crippen LogP contribution in [-0.2, 0) is 11.2 Å². The van der Waals surface area contributed by atoms with Crippen molar-refractivity contribution >= 4 is 17.5 Å². The number of hydrogen-bond acceptors (Lipinski definition) is 5. The minimum atomic E-state index is -0.221. The van der Waals surface area contributed by atoms with Gasteiger partial charge < -0.3 is 10.2 Å². The predicted octanol–water partition coefficient (Wildman–Crippen LogP) is 2.87. The first kappa shape index (κ1) is 18.7. The minimum Gasteiger partial charge on any atom is -0.329 e. The maximum absolute atomic E-state index is 13.0. The summed E-state index contributed by atoms with van der Waals surface area (Å²) in [4.78, 5) is 40.0. The van der Waals surface area contributed by atoms with Crippen LogP contribution in [0.1, 0.15) is 28.0 Å². The molecule has 7 nitrogen and oxygen atoms in total. The first-order valence-corrected chi connectivity index (χ1v) is 9.52. The summed E-state index contributed by atoms with van der Waals surface area (Å²) >= 11 is 0. The van der Waals surface area contributed by atoms with Crippen molar-refractivity contribution in [1.29, 1.82) is 0 Å². The summed E-state index contributed by atoms with van der Waals surface area (Å²) in [6.07, 6.45) is 6.34. The third kappa shape index (κ3) is 4.29. The molecule has 146 valence electrons. The second-order valence-electron chi connectivity index (χ2n) is 7.04. The van der Waals surface area contributed by atoms with E-state index in [4.69, 9.17) is 0 Å². The number of nitrogens with one attached hydrogen (secondary N) is 1. The highest BCUT2D eigenvalue weighted by Gasteiger charge is 2.26. The Balaban J connectivity index is 1.50. The highest BCUT2D eigenvalue weighted by atomic mass is 16.2. The van der Waals surface area contributed by atoms with Crippen molar-refractivity contribution in [3.05, 3.63) is 71.8 Å². The molecule has 0 saturated carbocycles. The summed E-state index contributed by atoms with van der Waals surface area (Å²) < 4.78 is 0. The van der Waals surface area contributed by atoms with Crippen LogP contribution in [0.3, 0.4) is 0 Å². The molecule has 1 aliphatic heterocycles. The summed E-state index contributed by atoms with van der Waals surface area (Å²) in [5.41, 5.74) is 3.82. The van der Waals surface area contributed by atoms with Crippen molar-refractivity contribution in [2.45, 2.75) is 19.8 Å². The Bertz CT molecular complexity index is 1050. The van der Waals surface area contributed by atoms with Crippen LogP contribution in [0.25, 0.3) is 11.4 Å². The van der Waals surface area contributed by atoms with E-state index < -0.39 is 0 Å². The summed E-state index contributed by atoms with van der Waals surface area (Å²) in [5, 5.41) is 2.86. The van der Waals surface area contributed by atoms with E-state index in [2.05, 4.69) is 20.3 Å². The number of benzene rings is 1. The predicted molar refractivity (Wildman–Crippen MR) is 109 cm³/mol. The van der Waals surface area contributed by atoms with Gasteiger partial charge in [0.2, 0.25) is 5.91 Å². The first-order valence-electron chi connectivity index (χ1n) is 9.52. The van der Waals surface area contributed by atoms with Crippen LogP contribution in [0, 0.1) is 6.92 Å². The van der Waals surface area contributed by atoms with Crippen LogP contribution in [0.5, 0.6) is 0 Å². The SMILES string of the molecule is Cc1cccc(NC(=O)CN2CCCc3nc(-c4ccncc4)ncc3C2=O)c1. The van der Waals surface area contributed by atoms with E-state index in [0.717, 1.165) is 28.9 Å². The molecule has 0 unspecified atom stereocenters. The third-order valence-electron chi connectivity index (χ3n) is 4.80. The van der Waals surface area contributed by atoms with Crippen molar-refractivity contribution in [1.82, 2.24) is 19.9 Å². The minimum absolute atomic E-state index is 0.00167. The van der Waals surface area contributed by atoms with Gasteiger partial charge in [-0.15, -0.1) is 0 Å². The molecule has 0 fully saturated rings. The summed E-state index contributed by atoms with van der Waals surface area (Å²) in [6, 6.07) is 11.2. The molecular formula is C22H21N5O2. The van der Waals surface area contributed by atoms with Crippen molar-refractivity contribution in [2.24, 2.45) is 0 Å². The lowest BCUT2D eigenvalue weighted by atomic mass is 10.1. The van der Waals surface area contributed by atoms with Crippen LogP contribution >= 0.6 is 0 Å². The molecule has 2 amide bonds. The van der Waals surface area contributed by atoms with Gasteiger partial charge in [0, 0.05) is 36.4 Å². The Hall–Kier alpha value is -3.61. The van der Waals surface area contributed by atoms with Crippen LogP contribution in [-0.4, -0.2) is 44.8 Å². The molecule has 0 bridgehead atoms. The number of aromatic nitrogens is 3. The van der Waals surface area contributed by atoms with Crippen LogP contribution in [0.4, 0.5) is 5.69 Å². The fourth-order valence-corrected chi connectivity index (χ4v) is 3.38. The quantitative estimate of drug-likeness (QED) is 0.744. The van der Waals surface area contributed by atoms with Gasteiger partial charge in [0.05, 0.1) is 11.3 Å². The molecule has 2 aromatic heterocycles. The molecule has 3 heterocycles. The lowest BCUT2D eigenvalue weighted by molar-refractivity contribution is -0.116. The zero-order chi connectivity index (χ0) is 20.2. The number of carbonyl (C=O) groups is 2. The summed E-state index contributed by atoms with van der Waals surface area (Å²) in [7, 11) is 0. The maximum atomic E-state index is 13.0. The van der Waals surface area contributed by atoms with E-state index in [1.807, 2.05) is 43.3 Å². The lowest BCUT2D eigenvalue weighted by Gasteiger charge is -2.20. The molecule has 4 rings (SSSR count). The van der Waals surface area contributed by atoms with Gasteiger partial charge in [-0.2, -0.15) is 0 Å². The van der Waals surface area contributed by atoms with E-state index >= 15 is 0 Å². The van der Waals surface area contributed by atoms with Gasteiger partial charge in [-0.1, -0.05) is 12.1 Å². The van der Waals surface area contributed by atoms with Crippen molar-refractivity contribution in [2.75, 3.05) is 18.4 Å². The number of rotatable bonds is 4. The molecule has 1 aromatic carbocycles. The highest BCUT2D eigenvalue weighted by molar-refractivity contribution is 6.00. The standard InChI is InChI=1S/C22H21N5O2/c1-15-4-2-5-17(12-15)25-20(28)14-27-11-3-6-19-18(22(27)29)13-24-21(26-19)16-7-9-23-10-8-16/h2,4-5,7-10,12-13H,3,6,11,14H2,1H3,(H,25,28). The van der Waals surface area contributed by atoms with Gasteiger partial charge in [-0.05, 0) is 49.6 Å². The number of nitrogens with zero attached hydrogens (tertiary/aromatic N) is 4. The topological polar surface area (TPSA) is 88.1 Å². The summed E-state index contributed by atoms with van der Waals surface area (Å²) in [5.74, 6) is 0.143. The summed E-state index contributed by atoms with van der Waals surface area (Å²) in [6.45, 7) is 2.46. The number of hydrogen-bond donors (Lipinski definition) is 1. The Kier molecular flexibility index (Phi) is 5.29. The molecule has 29 heavy (non-hydrogen) atoms. The Labute approximate surface area is 168 Å². The van der Waals surface area contributed by atoms with Crippen molar-refractivity contribution < 1.29 is 9.59 Å². The van der Waals surface area contributed by atoms with E-state index in [-0.39, 0.29) is 18.4 Å². The molecule has 1 N–H and O–H groups in total. The van der Waals surface area contributed by atoms with E-state index in [1.165, 1.54) is 0 Å². The van der Waals surface area contributed by atoms with Crippen LogP contribution in [0.15, 0.2) is 55.0 Å². The van der Waals surface area contributed by atoms with Crippen molar-refractivity contribution in [3.8, 4) is 11.4 Å². The van der Waals surface area contributed by atoms with Crippen molar-refractivity contribution in [3.63, 3.8) is 0 Å². The van der Waals surface area contributed by atoms with Gasteiger partial charge in [0.25, 0.3) is 5.91 Å². The molecule has 0 saturated heterocycles. The zero-order valence-electron chi connectivity index (χ0n) is 16.1. The molecule has 0 spiro atoms. The third-order valence-corrected chi connectivity index (χ3v) is 4.80. The molecule has 0 radical (unpaired) electrons. The zero-order valence-corrected chi connectivity index (χ0v) is 16.1. The number of fused-ring (bicyclic) bond motifs is 1. The monoisotopic (exact) mass is 387 g/mol. The second kappa shape index (κ2) is 8.18. The van der Waals surface area contributed by atoms with Crippen LogP contribution in [0.2, 0.25) is 0 Å². The van der Waals surface area contributed by atoms with Gasteiger partial charge in [0.15, 0.2) is 5.82 Å². The smallest absolute Gasteiger partial charge is 0.257 e. The van der Waals surface area contributed by atoms with Gasteiger partial charge in [0.1, 0.15) is 6.54 Å². The van der Waals surface area contributed by atoms with Gasteiger partial charge in [-0.25, -0.2) is 9.97 Å². The van der Waals surface area contributed by atoms with E-state index in [1.54, 1.807) is 23.5 Å². The van der Waals surface area contributed by atoms with Gasteiger partial charge in [-0.3, -0.25) is 14.6 Å². The average molecular weight is 387 g/mol. The normalized spacial score (nSPS) is 13.6. The Morgan fingerprint density at radius 3 is 2.83 bits per heavy atom. The van der Waals surface area contributed by atoms with E-state index in [9.17, 15) is 9.59 Å². The number of pyridine rings is 1. The van der Waals surface area contributed by atoms with E-state index in [0.29, 0.717) is 24.4 Å². The second-order valence-corrected chi connectivity index (χ2v) is 7.04. The average Bonchev–Trinajstić information content (AvgIpc) is 2.87. The highest BCUT2D eigenvalue weighted by Crippen LogP contribution is 2.20.